The molecule has 0 amide bonds. The lowest BCUT2D eigenvalue weighted by molar-refractivity contribution is 0.724. The zero-order valence-electron chi connectivity index (χ0n) is 7.00. The highest BCUT2D eigenvalue weighted by Crippen LogP contribution is 2.08. The Morgan fingerprint density at radius 2 is 2.00 bits per heavy atom. The van der Waals surface area contributed by atoms with Crippen LogP contribution in [0.5, 0.6) is 0 Å². The monoisotopic (exact) mass is 205 g/mol. The molecular weight excluding hydrogens is 190 g/mol. The van der Waals surface area contributed by atoms with Gasteiger partial charge in [0, 0.05) is 11.0 Å². The number of hydrogen-bond donors (Lipinski definition) is 1. The Labute approximate surface area is 72.0 Å². The van der Waals surface area contributed by atoms with E-state index in [-0.39, 0.29) is 0 Å². The summed E-state index contributed by atoms with van der Waals surface area (Å²) in [5.74, 6) is 0. The summed E-state index contributed by atoms with van der Waals surface area (Å²) in [6, 6.07) is 0. The van der Waals surface area contributed by atoms with E-state index < -0.39 is 0 Å². The number of nitrogens with one attached hydrogen (secondary N) is 1. The summed E-state index contributed by atoms with van der Waals surface area (Å²) >= 11 is 3.49. The van der Waals surface area contributed by atoms with Crippen molar-refractivity contribution >= 4 is 15.9 Å². The molecule has 10 heavy (non-hydrogen) atoms. The molecule has 0 heterocycles. The molecule has 60 valence electrons. The van der Waals surface area contributed by atoms with Gasteiger partial charge >= 0.3 is 0 Å². The summed E-state index contributed by atoms with van der Waals surface area (Å²) < 4.78 is 1.28. The molecule has 0 rings (SSSR count). The Morgan fingerprint density at radius 1 is 1.40 bits per heavy atom. The second-order valence-electron chi connectivity index (χ2n) is 2.58. The van der Waals surface area contributed by atoms with E-state index in [9.17, 15) is 0 Å². The molecule has 0 aromatic rings. The first-order valence-electron chi connectivity index (χ1n) is 3.71. The van der Waals surface area contributed by atoms with Gasteiger partial charge in [-0.25, -0.2) is 0 Å². The molecule has 0 atom stereocenters. The molecule has 2 heteroatoms. The summed E-state index contributed by atoms with van der Waals surface area (Å²) in [4.78, 5) is 0. The lowest BCUT2D eigenvalue weighted by Crippen LogP contribution is -2.16. The molecule has 0 saturated heterocycles. The minimum absolute atomic E-state index is 0.968. The van der Waals surface area contributed by atoms with Crippen LogP contribution in [0, 0.1) is 0 Å². The number of rotatable bonds is 4. The predicted molar refractivity (Wildman–Crippen MR) is 50.5 cm³/mol. The second kappa shape index (κ2) is 5.93. The van der Waals surface area contributed by atoms with Crippen molar-refractivity contribution in [3.8, 4) is 0 Å². The lowest BCUT2D eigenvalue weighted by Gasteiger charge is -2.02. The highest BCUT2D eigenvalue weighted by atomic mass is 79.9. The third-order valence-electron chi connectivity index (χ3n) is 1.25. The Kier molecular flexibility index (Phi) is 6.03. The lowest BCUT2D eigenvalue weighted by atomic mass is 10.3. The maximum atomic E-state index is 3.49. The number of halogens is 1. The van der Waals surface area contributed by atoms with Crippen LogP contribution < -0.4 is 5.32 Å². The largest absolute Gasteiger partial charge is 0.312 e. The fourth-order valence-corrected chi connectivity index (χ4v) is 0.750. The number of hydrogen-bond acceptors (Lipinski definition) is 1. The van der Waals surface area contributed by atoms with Gasteiger partial charge < -0.3 is 5.32 Å². The van der Waals surface area contributed by atoms with Gasteiger partial charge in [0.2, 0.25) is 0 Å². The van der Waals surface area contributed by atoms with E-state index in [4.69, 9.17) is 0 Å². The Morgan fingerprint density at radius 3 is 2.40 bits per heavy atom. The van der Waals surface area contributed by atoms with E-state index in [0.29, 0.717) is 0 Å². The molecule has 0 spiro atoms. The van der Waals surface area contributed by atoms with E-state index in [2.05, 4.69) is 42.0 Å². The van der Waals surface area contributed by atoms with Gasteiger partial charge in [-0.2, -0.15) is 0 Å². The SMILES string of the molecule is CCCNCC(Br)=C(C)C. The average Bonchev–Trinajstić information content (AvgIpc) is 1.88. The van der Waals surface area contributed by atoms with Crippen molar-refractivity contribution in [3.63, 3.8) is 0 Å². The molecule has 0 radical (unpaired) electrons. The molecular formula is C8H16BrN. The van der Waals surface area contributed by atoms with Crippen LogP contribution in [0.4, 0.5) is 0 Å². The van der Waals surface area contributed by atoms with Crippen LogP contribution in [0.1, 0.15) is 27.2 Å². The fraction of sp³-hybridized carbons (Fsp3) is 0.750. The van der Waals surface area contributed by atoms with Gasteiger partial charge in [-0.1, -0.05) is 28.4 Å². The van der Waals surface area contributed by atoms with Crippen LogP contribution in [0.25, 0.3) is 0 Å². The number of allylic oxidation sites excluding steroid dienone is 1. The molecule has 0 fully saturated rings. The molecule has 0 aromatic heterocycles. The molecule has 0 aliphatic carbocycles. The Bertz CT molecular complexity index is 114. The molecule has 1 nitrogen and oxygen atoms in total. The zero-order chi connectivity index (χ0) is 7.98. The van der Waals surface area contributed by atoms with Gasteiger partial charge in [0.05, 0.1) is 0 Å². The molecule has 0 saturated carbocycles. The minimum atomic E-state index is 0.968. The van der Waals surface area contributed by atoms with Crippen molar-refractivity contribution < 1.29 is 0 Å². The van der Waals surface area contributed by atoms with Crippen molar-refractivity contribution in [2.45, 2.75) is 27.2 Å². The third-order valence-corrected chi connectivity index (χ3v) is 2.32. The molecule has 1 N–H and O–H groups in total. The zero-order valence-corrected chi connectivity index (χ0v) is 8.59. The van der Waals surface area contributed by atoms with Gasteiger partial charge in [-0.3, -0.25) is 0 Å². The van der Waals surface area contributed by atoms with Crippen molar-refractivity contribution in [3.05, 3.63) is 10.1 Å². The summed E-state index contributed by atoms with van der Waals surface area (Å²) in [5, 5.41) is 3.31. The molecule has 0 aromatic carbocycles. The van der Waals surface area contributed by atoms with Gasteiger partial charge in [-0.05, 0) is 26.8 Å². The molecule has 0 unspecified atom stereocenters. The Hall–Kier alpha value is 0.180. The standard InChI is InChI=1S/C8H16BrN/c1-4-5-10-6-8(9)7(2)3/h10H,4-6H2,1-3H3. The van der Waals surface area contributed by atoms with Crippen LogP contribution in [0.15, 0.2) is 10.1 Å². The first kappa shape index (κ1) is 10.2. The topological polar surface area (TPSA) is 12.0 Å². The minimum Gasteiger partial charge on any atom is -0.312 e. The van der Waals surface area contributed by atoms with E-state index >= 15 is 0 Å². The quantitative estimate of drug-likeness (QED) is 0.697. The van der Waals surface area contributed by atoms with Crippen LogP contribution in [0.2, 0.25) is 0 Å². The van der Waals surface area contributed by atoms with E-state index in [1.807, 2.05) is 0 Å². The van der Waals surface area contributed by atoms with Crippen LogP contribution in [0.3, 0.4) is 0 Å². The third kappa shape index (κ3) is 5.00. The van der Waals surface area contributed by atoms with Crippen molar-refractivity contribution in [2.24, 2.45) is 0 Å². The van der Waals surface area contributed by atoms with Crippen molar-refractivity contribution in [1.29, 1.82) is 0 Å². The smallest absolute Gasteiger partial charge is 0.0270 e. The summed E-state index contributed by atoms with van der Waals surface area (Å²) in [6.07, 6.45) is 1.20. The van der Waals surface area contributed by atoms with Gasteiger partial charge in [0.15, 0.2) is 0 Å². The molecule has 0 aliphatic heterocycles. The summed E-state index contributed by atoms with van der Waals surface area (Å²) in [5.41, 5.74) is 1.35. The highest BCUT2D eigenvalue weighted by molar-refractivity contribution is 9.11. The Balaban J connectivity index is 3.40. The van der Waals surface area contributed by atoms with Crippen molar-refractivity contribution in [2.75, 3.05) is 13.1 Å². The average molecular weight is 206 g/mol. The van der Waals surface area contributed by atoms with Gasteiger partial charge in [-0.15, -0.1) is 0 Å². The van der Waals surface area contributed by atoms with Gasteiger partial charge in [0.25, 0.3) is 0 Å². The summed E-state index contributed by atoms with van der Waals surface area (Å²) in [6.45, 7) is 8.46. The van der Waals surface area contributed by atoms with Crippen LogP contribution in [-0.4, -0.2) is 13.1 Å². The first-order chi connectivity index (χ1) is 4.68. The van der Waals surface area contributed by atoms with Crippen LogP contribution in [-0.2, 0) is 0 Å². The highest BCUT2D eigenvalue weighted by Gasteiger charge is 1.91. The maximum absolute atomic E-state index is 3.49. The maximum Gasteiger partial charge on any atom is 0.0270 e. The first-order valence-corrected chi connectivity index (χ1v) is 4.50. The van der Waals surface area contributed by atoms with E-state index in [1.54, 1.807) is 0 Å². The van der Waals surface area contributed by atoms with E-state index in [0.717, 1.165) is 13.1 Å². The second-order valence-corrected chi connectivity index (χ2v) is 3.54. The van der Waals surface area contributed by atoms with E-state index in [1.165, 1.54) is 16.5 Å². The molecule has 0 bridgehead atoms. The van der Waals surface area contributed by atoms with Crippen molar-refractivity contribution in [1.82, 2.24) is 5.32 Å². The summed E-state index contributed by atoms with van der Waals surface area (Å²) in [7, 11) is 0. The van der Waals surface area contributed by atoms with Crippen LogP contribution >= 0.6 is 15.9 Å². The predicted octanol–water partition coefficient (Wildman–Crippen LogP) is 2.67. The normalized spacial score (nSPS) is 9.60. The fourth-order valence-electron chi connectivity index (χ4n) is 0.552. The molecule has 0 aliphatic rings. The van der Waals surface area contributed by atoms with Gasteiger partial charge in [0.1, 0.15) is 0 Å².